The van der Waals surface area contributed by atoms with E-state index in [-0.39, 0.29) is 11.7 Å². The first-order valence-corrected chi connectivity index (χ1v) is 7.38. The van der Waals surface area contributed by atoms with E-state index in [1.807, 2.05) is 41.1 Å². The largest absolute Gasteiger partial charge is 0.426 e. The number of imidazole rings is 1. The Balaban J connectivity index is 1.46. The van der Waals surface area contributed by atoms with Gasteiger partial charge in [0.15, 0.2) is 5.76 Å². The molecule has 1 amide bonds. The Bertz CT molecular complexity index is 736. The Morgan fingerprint density at radius 2 is 2.09 bits per heavy atom. The minimum Gasteiger partial charge on any atom is -0.426 e. The van der Waals surface area contributed by atoms with Gasteiger partial charge in [-0.2, -0.15) is 0 Å². The number of amides is 1. The van der Waals surface area contributed by atoms with Gasteiger partial charge in [0.25, 0.3) is 11.9 Å². The zero-order valence-electron chi connectivity index (χ0n) is 12.5. The molecule has 2 heterocycles. The Labute approximate surface area is 133 Å². The van der Waals surface area contributed by atoms with Gasteiger partial charge in [-0.15, -0.1) is 0 Å². The normalized spacial score (nSPS) is 10.4. The predicted octanol–water partition coefficient (Wildman–Crippen LogP) is 3.09. The van der Waals surface area contributed by atoms with E-state index in [2.05, 4.69) is 10.3 Å². The van der Waals surface area contributed by atoms with Crippen molar-refractivity contribution in [3.63, 3.8) is 0 Å². The van der Waals surface area contributed by atoms with Crippen LogP contribution in [0, 0.1) is 0 Å². The van der Waals surface area contributed by atoms with E-state index in [4.69, 9.17) is 9.15 Å². The highest BCUT2D eigenvalue weighted by atomic mass is 16.6. The lowest BCUT2D eigenvalue weighted by molar-refractivity contribution is 0.0920. The summed E-state index contributed by atoms with van der Waals surface area (Å²) in [7, 11) is 0. The van der Waals surface area contributed by atoms with Crippen molar-refractivity contribution in [3.05, 3.63) is 66.9 Å². The number of carbonyl (C=O) groups excluding carboxylic acids is 1. The van der Waals surface area contributed by atoms with Crippen LogP contribution in [0.2, 0.25) is 0 Å². The highest BCUT2D eigenvalue weighted by molar-refractivity contribution is 5.91. The monoisotopic (exact) mass is 311 g/mol. The van der Waals surface area contributed by atoms with Gasteiger partial charge in [0.2, 0.25) is 0 Å². The number of hydrogen-bond donors (Lipinski definition) is 1. The molecule has 118 valence electrons. The van der Waals surface area contributed by atoms with E-state index >= 15 is 0 Å². The van der Waals surface area contributed by atoms with Crippen molar-refractivity contribution in [1.82, 2.24) is 14.9 Å². The van der Waals surface area contributed by atoms with Crippen molar-refractivity contribution >= 4 is 5.91 Å². The lowest BCUT2D eigenvalue weighted by Gasteiger charge is -2.04. The Morgan fingerprint density at radius 3 is 2.87 bits per heavy atom. The van der Waals surface area contributed by atoms with Crippen molar-refractivity contribution < 1.29 is 13.9 Å². The highest BCUT2D eigenvalue weighted by Gasteiger charge is 2.11. The topological polar surface area (TPSA) is 69.3 Å². The molecule has 0 bridgehead atoms. The van der Waals surface area contributed by atoms with Crippen LogP contribution in [0.5, 0.6) is 11.7 Å². The maximum atomic E-state index is 12.0. The molecular weight excluding hydrogens is 294 g/mol. The fourth-order valence-electron chi connectivity index (χ4n) is 2.07. The highest BCUT2D eigenvalue weighted by Crippen LogP contribution is 2.23. The van der Waals surface area contributed by atoms with Gasteiger partial charge in [-0.05, 0) is 24.6 Å². The molecule has 6 nitrogen and oxygen atoms in total. The SMILES string of the molecule is O=C(NCCCn1ccnc1)c1ccc(Oc2ccccc2)o1. The van der Waals surface area contributed by atoms with Crippen molar-refractivity contribution in [1.29, 1.82) is 0 Å². The number of para-hydroxylation sites is 1. The summed E-state index contributed by atoms with van der Waals surface area (Å²) >= 11 is 0. The third-order valence-electron chi connectivity index (χ3n) is 3.20. The fourth-order valence-corrected chi connectivity index (χ4v) is 2.07. The third-order valence-corrected chi connectivity index (χ3v) is 3.20. The molecule has 0 aliphatic rings. The molecular formula is C17H17N3O3. The molecule has 0 aliphatic heterocycles. The van der Waals surface area contributed by atoms with Crippen LogP contribution in [-0.2, 0) is 6.54 Å². The first kappa shape index (κ1) is 14.9. The molecule has 0 aliphatic carbocycles. The van der Waals surface area contributed by atoms with Gasteiger partial charge in [0.1, 0.15) is 5.75 Å². The van der Waals surface area contributed by atoms with Crippen LogP contribution in [-0.4, -0.2) is 22.0 Å². The van der Waals surface area contributed by atoms with E-state index < -0.39 is 0 Å². The van der Waals surface area contributed by atoms with Gasteiger partial charge >= 0.3 is 0 Å². The van der Waals surface area contributed by atoms with Crippen LogP contribution < -0.4 is 10.1 Å². The van der Waals surface area contributed by atoms with Gasteiger partial charge in [0, 0.05) is 31.5 Å². The summed E-state index contributed by atoms with van der Waals surface area (Å²) in [4.78, 5) is 16.0. The van der Waals surface area contributed by atoms with Crippen LogP contribution in [0.4, 0.5) is 0 Å². The van der Waals surface area contributed by atoms with Crippen LogP contribution in [0.1, 0.15) is 17.0 Å². The number of aryl methyl sites for hydroxylation is 1. The minimum atomic E-state index is -0.251. The molecule has 0 saturated heterocycles. The van der Waals surface area contributed by atoms with Crippen molar-refractivity contribution in [3.8, 4) is 11.7 Å². The second-order valence-electron chi connectivity index (χ2n) is 4.94. The molecule has 2 aromatic heterocycles. The van der Waals surface area contributed by atoms with Crippen LogP contribution in [0.15, 0.2) is 65.6 Å². The van der Waals surface area contributed by atoms with Gasteiger partial charge in [0.05, 0.1) is 6.33 Å². The van der Waals surface area contributed by atoms with Crippen LogP contribution in [0.3, 0.4) is 0 Å². The van der Waals surface area contributed by atoms with E-state index in [0.29, 0.717) is 18.2 Å². The summed E-state index contributed by atoms with van der Waals surface area (Å²) in [6.07, 6.45) is 6.19. The second kappa shape index (κ2) is 7.31. The number of nitrogens with zero attached hydrogens (tertiary/aromatic N) is 2. The number of nitrogens with one attached hydrogen (secondary N) is 1. The lowest BCUT2D eigenvalue weighted by Crippen LogP contribution is -2.24. The number of rotatable bonds is 7. The van der Waals surface area contributed by atoms with Gasteiger partial charge in [-0.1, -0.05) is 18.2 Å². The first-order valence-electron chi connectivity index (χ1n) is 7.38. The maximum absolute atomic E-state index is 12.0. The van der Waals surface area contributed by atoms with Crippen LogP contribution in [0.25, 0.3) is 0 Å². The smallest absolute Gasteiger partial charge is 0.290 e. The van der Waals surface area contributed by atoms with Crippen molar-refractivity contribution in [2.24, 2.45) is 0 Å². The third kappa shape index (κ3) is 4.23. The quantitative estimate of drug-likeness (QED) is 0.681. The molecule has 1 N–H and O–H groups in total. The maximum Gasteiger partial charge on any atom is 0.290 e. The molecule has 0 atom stereocenters. The predicted molar refractivity (Wildman–Crippen MR) is 84.4 cm³/mol. The Hall–Kier alpha value is -3.02. The van der Waals surface area contributed by atoms with Gasteiger partial charge in [-0.3, -0.25) is 4.79 Å². The Morgan fingerprint density at radius 1 is 1.22 bits per heavy atom. The number of carbonyl (C=O) groups is 1. The van der Waals surface area contributed by atoms with Gasteiger partial charge < -0.3 is 19.0 Å². The molecule has 3 rings (SSSR count). The summed E-state index contributed by atoms with van der Waals surface area (Å²) in [5.41, 5.74) is 0. The van der Waals surface area contributed by atoms with Crippen LogP contribution >= 0.6 is 0 Å². The zero-order chi connectivity index (χ0) is 15.9. The van der Waals surface area contributed by atoms with Crippen molar-refractivity contribution in [2.45, 2.75) is 13.0 Å². The number of aromatic nitrogens is 2. The second-order valence-corrected chi connectivity index (χ2v) is 4.94. The molecule has 0 radical (unpaired) electrons. The number of benzene rings is 1. The Kier molecular flexibility index (Phi) is 4.73. The summed E-state index contributed by atoms with van der Waals surface area (Å²) in [6, 6.07) is 12.5. The number of ether oxygens (including phenoxy) is 1. The van der Waals surface area contributed by atoms with Crippen molar-refractivity contribution in [2.75, 3.05) is 6.54 Å². The average molecular weight is 311 g/mol. The molecule has 23 heavy (non-hydrogen) atoms. The van der Waals surface area contributed by atoms with E-state index in [1.54, 1.807) is 24.7 Å². The fraction of sp³-hybridized carbons (Fsp3) is 0.176. The van der Waals surface area contributed by atoms with E-state index in [0.717, 1.165) is 13.0 Å². The summed E-state index contributed by atoms with van der Waals surface area (Å²) < 4.78 is 12.9. The van der Waals surface area contributed by atoms with E-state index in [1.165, 1.54) is 0 Å². The number of furan rings is 1. The number of hydrogen-bond acceptors (Lipinski definition) is 4. The average Bonchev–Trinajstić information content (AvgIpc) is 3.24. The molecule has 1 aromatic carbocycles. The first-order chi connectivity index (χ1) is 11.3. The molecule has 0 fully saturated rings. The molecule has 0 unspecified atom stereocenters. The van der Waals surface area contributed by atoms with E-state index in [9.17, 15) is 4.79 Å². The molecule has 6 heteroatoms. The summed E-state index contributed by atoms with van der Waals surface area (Å²) in [5.74, 6) is 0.936. The summed E-state index contributed by atoms with van der Waals surface area (Å²) in [5, 5.41) is 2.82. The molecule has 0 saturated carbocycles. The standard InChI is InChI=1S/C17H17N3O3/c21-17(19-9-4-11-20-12-10-18-13-20)15-7-8-16(23-15)22-14-5-2-1-3-6-14/h1-3,5-8,10,12-13H,4,9,11H2,(H,19,21). The minimum absolute atomic E-state index is 0.235. The molecule has 0 spiro atoms. The lowest BCUT2D eigenvalue weighted by atomic mass is 10.3. The van der Waals surface area contributed by atoms with Gasteiger partial charge in [-0.25, -0.2) is 4.98 Å². The zero-order valence-corrected chi connectivity index (χ0v) is 12.5. The summed E-state index contributed by atoms with van der Waals surface area (Å²) in [6.45, 7) is 1.37. The molecule has 3 aromatic rings.